The summed E-state index contributed by atoms with van der Waals surface area (Å²) in [5, 5.41) is 2.79. The maximum Gasteiger partial charge on any atom is 0.310 e. The van der Waals surface area contributed by atoms with Crippen molar-refractivity contribution < 1.29 is 31.9 Å². The molecule has 0 unspecified atom stereocenters. The molecule has 1 N–H and O–H groups in total. The van der Waals surface area contributed by atoms with Gasteiger partial charge in [-0.1, -0.05) is 12.1 Å². The van der Waals surface area contributed by atoms with E-state index >= 15 is 0 Å². The van der Waals surface area contributed by atoms with Gasteiger partial charge in [0.1, 0.15) is 5.58 Å². The number of carbonyl (C=O) groups is 2. The fraction of sp³-hybridized carbons (Fsp3) is 0.200. The first kappa shape index (κ1) is 19.5. The van der Waals surface area contributed by atoms with Gasteiger partial charge in [-0.25, -0.2) is 13.2 Å². The molecule has 146 valence electrons. The number of halogens is 3. The van der Waals surface area contributed by atoms with Gasteiger partial charge in [0.2, 0.25) is 0 Å². The van der Waals surface area contributed by atoms with Crippen molar-refractivity contribution >= 4 is 28.5 Å². The average molecular weight is 391 g/mol. The van der Waals surface area contributed by atoms with E-state index in [0.717, 1.165) is 22.6 Å². The number of rotatable bonds is 5. The summed E-state index contributed by atoms with van der Waals surface area (Å²) < 4.78 is 49.9. The van der Waals surface area contributed by atoms with E-state index in [4.69, 9.17) is 9.15 Å². The highest BCUT2D eigenvalue weighted by Gasteiger charge is 2.17. The molecule has 1 aromatic heterocycles. The zero-order valence-electron chi connectivity index (χ0n) is 15.1. The highest BCUT2D eigenvalue weighted by Crippen LogP contribution is 2.27. The van der Waals surface area contributed by atoms with Gasteiger partial charge >= 0.3 is 5.97 Å². The first-order chi connectivity index (χ1) is 13.3. The van der Waals surface area contributed by atoms with E-state index < -0.39 is 41.6 Å². The quantitative estimate of drug-likeness (QED) is 0.523. The van der Waals surface area contributed by atoms with Crippen LogP contribution in [0.1, 0.15) is 16.7 Å². The van der Waals surface area contributed by atoms with E-state index in [9.17, 15) is 22.8 Å². The van der Waals surface area contributed by atoms with Crippen molar-refractivity contribution in [2.75, 3.05) is 11.9 Å². The number of hydrogen-bond acceptors (Lipinski definition) is 4. The summed E-state index contributed by atoms with van der Waals surface area (Å²) in [6.45, 7) is 3.15. The Morgan fingerprint density at radius 1 is 1.07 bits per heavy atom. The Morgan fingerprint density at radius 2 is 1.82 bits per heavy atom. The average Bonchev–Trinajstić information content (AvgIpc) is 3.07. The monoisotopic (exact) mass is 391 g/mol. The lowest BCUT2D eigenvalue weighted by molar-refractivity contribution is -0.146. The van der Waals surface area contributed by atoms with Gasteiger partial charge in [0.05, 0.1) is 18.4 Å². The van der Waals surface area contributed by atoms with Crippen LogP contribution >= 0.6 is 0 Å². The summed E-state index contributed by atoms with van der Waals surface area (Å²) in [5.41, 5.74) is 2.75. The molecular formula is C20H16F3NO4. The molecule has 0 aliphatic heterocycles. The van der Waals surface area contributed by atoms with Crippen LogP contribution in [-0.2, 0) is 20.7 Å². The summed E-state index contributed by atoms with van der Waals surface area (Å²) in [4.78, 5) is 23.8. The van der Waals surface area contributed by atoms with Gasteiger partial charge in [-0.15, -0.1) is 0 Å². The van der Waals surface area contributed by atoms with E-state index in [1.54, 1.807) is 0 Å². The summed E-state index contributed by atoms with van der Waals surface area (Å²) >= 11 is 0. The van der Waals surface area contributed by atoms with Crippen molar-refractivity contribution in [3.63, 3.8) is 0 Å². The molecule has 5 nitrogen and oxygen atoms in total. The second-order valence-electron chi connectivity index (χ2n) is 6.25. The number of carbonyl (C=O) groups excluding carboxylic acids is 2. The molecule has 0 atom stereocenters. The van der Waals surface area contributed by atoms with Gasteiger partial charge in [0, 0.05) is 10.9 Å². The van der Waals surface area contributed by atoms with Crippen LogP contribution in [0.2, 0.25) is 0 Å². The molecule has 1 heterocycles. The van der Waals surface area contributed by atoms with Gasteiger partial charge in [0.25, 0.3) is 5.91 Å². The highest BCUT2D eigenvalue weighted by atomic mass is 19.2. The Hall–Kier alpha value is -3.29. The number of ether oxygens (including phenoxy) is 1. The summed E-state index contributed by atoms with van der Waals surface area (Å²) in [7, 11) is 0. The smallest absolute Gasteiger partial charge is 0.310 e. The van der Waals surface area contributed by atoms with E-state index in [2.05, 4.69) is 0 Å². The molecule has 0 saturated carbocycles. The number of hydrogen-bond donors (Lipinski definition) is 1. The van der Waals surface area contributed by atoms with Gasteiger partial charge in [-0.05, 0) is 37.1 Å². The SMILES string of the molecule is Cc1ccc2c(CC(=O)OCC(=O)Nc3ccc(F)c(F)c3F)coc2c1C. The molecule has 1 amide bonds. The molecule has 28 heavy (non-hydrogen) atoms. The first-order valence-corrected chi connectivity index (χ1v) is 8.33. The number of benzene rings is 2. The Kier molecular flexibility index (Phi) is 5.39. The summed E-state index contributed by atoms with van der Waals surface area (Å²) in [6.07, 6.45) is 1.33. The fourth-order valence-electron chi connectivity index (χ4n) is 2.69. The zero-order valence-corrected chi connectivity index (χ0v) is 15.1. The first-order valence-electron chi connectivity index (χ1n) is 8.33. The largest absolute Gasteiger partial charge is 0.464 e. The van der Waals surface area contributed by atoms with Crippen LogP contribution < -0.4 is 5.32 Å². The summed E-state index contributed by atoms with van der Waals surface area (Å²) in [6, 6.07) is 5.29. The van der Waals surface area contributed by atoms with Crippen LogP contribution in [0.4, 0.5) is 18.9 Å². The Morgan fingerprint density at radius 3 is 2.57 bits per heavy atom. The number of fused-ring (bicyclic) bond motifs is 1. The lowest BCUT2D eigenvalue weighted by atomic mass is 10.0. The molecule has 0 saturated heterocycles. The second kappa shape index (κ2) is 7.75. The van der Waals surface area contributed by atoms with E-state index in [1.165, 1.54) is 6.26 Å². The van der Waals surface area contributed by atoms with Crippen LogP contribution in [-0.4, -0.2) is 18.5 Å². The Balaban J connectivity index is 1.60. The van der Waals surface area contributed by atoms with Crippen molar-refractivity contribution in [3.8, 4) is 0 Å². The Labute approximate surface area is 158 Å². The van der Waals surface area contributed by atoms with Crippen molar-refractivity contribution in [3.05, 3.63) is 64.7 Å². The van der Waals surface area contributed by atoms with Gasteiger partial charge in [0.15, 0.2) is 24.1 Å². The van der Waals surface area contributed by atoms with Crippen LogP contribution in [0, 0.1) is 31.3 Å². The van der Waals surface area contributed by atoms with Crippen molar-refractivity contribution in [2.24, 2.45) is 0 Å². The van der Waals surface area contributed by atoms with Crippen LogP contribution in [0.5, 0.6) is 0 Å². The number of aryl methyl sites for hydroxylation is 2. The molecule has 0 aliphatic rings. The van der Waals surface area contributed by atoms with Gasteiger partial charge < -0.3 is 14.5 Å². The third kappa shape index (κ3) is 3.85. The van der Waals surface area contributed by atoms with E-state index in [0.29, 0.717) is 17.2 Å². The molecule has 2 aromatic carbocycles. The number of furan rings is 1. The lowest BCUT2D eigenvalue weighted by Crippen LogP contribution is -2.22. The van der Waals surface area contributed by atoms with Crippen molar-refractivity contribution in [2.45, 2.75) is 20.3 Å². The van der Waals surface area contributed by atoms with Gasteiger partial charge in [-0.2, -0.15) is 0 Å². The molecule has 3 rings (SSSR count). The molecule has 0 aliphatic carbocycles. The Bertz CT molecular complexity index is 1070. The van der Waals surface area contributed by atoms with E-state index in [1.807, 2.05) is 31.3 Å². The predicted octanol–water partition coefficient (Wildman–Crippen LogP) is 4.19. The molecule has 3 aromatic rings. The maximum absolute atomic E-state index is 13.5. The number of amides is 1. The van der Waals surface area contributed by atoms with Crippen LogP contribution in [0.25, 0.3) is 11.0 Å². The normalized spacial score (nSPS) is 10.9. The molecule has 0 fully saturated rings. The fourth-order valence-corrected chi connectivity index (χ4v) is 2.69. The second-order valence-corrected chi connectivity index (χ2v) is 6.25. The molecule has 0 bridgehead atoms. The minimum absolute atomic E-state index is 0.123. The highest BCUT2D eigenvalue weighted by molar-refractivity contribution is 5.93. The molecule has 8 heteroatoms. The van der Waals surface area contributed by atoms with Gasteiger partial charge in [-0.3, -0.25) is 9.59 Å². The van der Waals surface area contributed by atoms with Crippen molar-refractivity contribution in [1.82, 2.24) is 0 Å². The van der Waals surface area contributed by atoms with E-state index in [-0.39, 0.29) is 6.42 Å². The van der Waals surface area contributed by atoms with Crippen molar-refractivity contribution in [1.29, 1.82) is 0 Å². The third-order valence-corrected chi connectivity index (χ3v) is 4.35. The molecule has 0 spiro atoms. The topological polar surface area (TPSA) is 68.5 Å². The lowest BCUT2D eigenvalue weighted by Gasteiger charge is -2.08. The third-order valence-electron chi connectivity index (χ3n) is 4.35. The molecular weight excluding hydrogens is 375 g/mol. The molecule has 0 radical (unpaired) electrons. The number of esters is 1. The predicted molar refractivity (Wildman–Crippen MR) is 95.3 cm³/mol. The van der Waals surface area contributed by atoms with Crippen LogP contribution in [0.3, 0.4) is 0 Å². The minimum atomic E-state index is -1.70. The minimum Gasteiger partial charge on any atom is -0.464 e. The number of nitrogens with one attached hydrogen (secondary N) is 1. The number of anilines is 1. The van der Waals surface area contributed by atoms with Crippen LogP contribution in [0.15, 0.2) is 34.9 Å². The summed E-state index contributed by atoms with van der Waals surface area (Å²) in [5.74, 6) is -6.19. The maximum atomic E-state index is 13.5. The standard InChI is InChI=1S/C20H16F3NO4/c1-10-3-4-13-12(8-28-20(13)11(10)2)7-17(26)27-9-16(25)24-15-6-5-14(21)18(22)19(15)23/h3-6,8H,7,9H2,1-2H3,(H,24,25). The zero-order chi connectivity index (χ0) is 20.4.